The molecule has 1 aromatic heterocycles. The van der Waals surface area contributed by atoms with Gasteiger partial charge in [-0.05, 0) is 135 Å². The number of halogens is 1. The summed E-state index contributed by atoms with van der Waals surface area (Å²) in [5.41, 5.74) is 8.43. The number of hydrogen-bond donors (Lipinski definition) is 0. The van der Waals surface area contributed by atoms with Gasteiger partial charge in [0.25, 0.3) is 0 Å². The minimum absolute atomic E-state index is 0.130. The number of carbonyl (C=O) groups excluding carboxylic acids is 1. The molecule has 2 aromatic rings. The first kappa shape index (κ1) is 27.5. The number of aryl methyl sites for hydroxylation is 5. The molecule has 3 nitrogen and oxygen atoms in total. The van der Waals surface area contributed by atoms with Gasteiger partial charge in [0.1, 0.15) is 0 Å². The molecular formula is C29H38INO2. The number of rotatable bonds is 2. The molecule has 0 amide bonds. The highest BCUT2D eigenvalue weighted by molar-refractivity contribution is 14.1. The van der Waals surface area contributed by atoms with Crippen LogP contribution in [0.15, 0.2) is 24.3 Å². The van der Waals surface area contributed by atoms with E-state index in [4.69, 9.17) is 4.74 Å². The number of terminal acetylenes is 1. The number of aromatic nitrogens is 1. The third-order valence-corrected chi connectivity index (χ3v) is 7.10. The molecule has 1 saturated carbocycles. The summed E-state index contributed by atoms with van der Waals surface area (Å²) in [7, 11) is 0. The summed E-state index contributed by atoms with van der Waals surface area (Å²) in [5.74, 6) is 2.73. The van der Waals surface area contributed by atoms with Crippen molar-refractivity contribution >= 4 is 28.4 Å². The van der Waals surface area contributed by atoms with Gasteiger partial charge in [-0.15, -0.1) is 6.42 Å². The fourth-order valence-electron chi connectivity index (χ4n) is 3.82. The maximum absolute atomic E-state index is 9.94. The van der Waals surface area contributed by atoms with Crippen LogP contribution in [0.25, 0.3) is 0 Å². The number of carbonyl (C=O) groups is 1. The summed E-state index contributed by atoms with van der Waals surface area (Å²) in [6, 6.07) is 8.99. The number of benzene rings is 1. The van der Waals surface area contributed by atoms with Crippen LogP contribution in [0.4, 0.5) is 0 Å². The lowest BCUT2D eigenvalue weighted by Gasteiger charge is -2.07. The van der Waals surface area contributed by atoms with Crippen LogP contribution in [0.3, 0.4) is 0 Å². The molecular weight excluding hydrogens is 521 g/mol. The number of fused-ring (bicyclic) bond motifs is 1. The molecule has 0 unspecified atom stereocenters. The monoisotopic (exact) mass is 559 g/mol. The Kier molecular flexibility index (Phi) is 12.1. The third-order valence-electron chi connectivity index (χ3n) is 5.94. The number of pyridine rings is 1. The third kappa shape index (κ3) is 9.98. The van der Waals surface area contributed by atoms with Gasteiger partial charge in [0.2, 0.25) is 5.78 Å². The molecule has 0 radical (unpaired) electrons. The van der Waals surface area contributed by atoms with E-state index in [1.807, 2.05) is 5.92 Å². The molecule has 1 aliphatic heterocycles. The first-order valence-electron chi connectivity index (χ1n) is 12.1. The lowest BCUT2D eigenvalue weighted by atomic mass is 10.0. The van der Waals surface area contributed by atoms with Crippen molar-refractivity contribution < 1.29 is 9.53 Å². The van der Waals surface area contributed by atoms with Crippen molar-refractivity contribution in [1.29, 1.82) is 0 Å². The zero-order valence-corrected chi connectivity index (χ0v) is 22.8. The Morgan fingerprint density at radius 1 is 1.09 bits per heavy atom. The smallest absolute Gasteiger partial charge is 0.204 e. The average molecular weight is 560 g/mol. The molecule has 2 fully saturated rings. The summed E-state index contributed by atoms with van der Waals surface area (Å²) in [6.45, 7) is 10.2. The second-order valence-corrected chi connectivity index (χ2v) is 10.0. The van der Waals surface area contributed by atoms with Crippen molar-refractivity contribution in [2.75, 3.05) is 13.2 Å². The van der Waals surface area contributed by atoms with E-state index in [9.17, 15) is 4.79 Å². The molecule has 5 rings (SSSR count). The van der Waals surface area contributed by atoms with Crippen molar-refractivity contribution in [2.45, 2.75) is 85.0 Å². The highest BCUT2D eigenvalue weighted by atomic mass is 127. The summed E-state index contributed by atoms with van der Waals surface area (Å²) >= 11 is 2.43. The standard InChI is InChI=1S/C11H13I.C9H11N.C5H6O.C4H8O/c1-7-5-8(2)11(12)6-10(7)9-3-4-9;1-7-5-6-8-3-2-4-9(8)10-7;1-3-5(6)4-2;1-2-4-5-3-1/h5-6,9H,3-4H2,1-2H3;5-6H,2-4H2,1H3;1H,4H2,2H3;1-4H2. The molecule has 178 valence electrons. The van der Waals surface area contributed by atoms with Gasteiger partial charge in [-0.3, -0.25) is 9.78 Å². The molecule has 0 N–H and O–H groups in total. The summed E-state index contributed by atoms with van der Waals surface area (Å²) < 4.78 is 6.36. The van der Waals surface area contributed by atoms with Gasteiger partial charge in [0.05, 0.1) is 0 Å². The number of Topliss-reactive ketones (excluding diaryl/α,β-unsaturated/α-hetero) is 1. The zero-order chi connectivity index (χ0) is 24.2. The predicted octanol–water partition coefficient (Wildman–Crippen LogP) is 7.06. The van der Waals surface area contributed by atoms with Crippen molar-refractivity contribution in [3.63, 3.8) is 0 Å². The van der Waals surface area contributed by atoms with Crippen LogP contribution in [0.5, 0.6) is 0 Å². The maximum atomic E-state index is 9.94. The van der Waals surface area contributed by atoms with Crippen LogP contribution in [-0.4, -0.2) is 24.0 Å². The largest absolute Gasteiger partial charge is 0.381 e. The summed E-state index contributed by atoms with van der Waals surface area (Å²) in [6.07, 6.45) is 14.2. The normalized spacial score (nSPS) is 15.5. The van der Waals surface area contributed by atoms with Gasteiger partial charge in [0, 0.05) is 34.6 Å². The molecule has 2 heterocycles. The Balaban J connectivity index is 0.000000166. The van der Waals surface area contributed by atoms with E-state index in [0.29, 0.717) is 6.42 Å². The quantitative estimate of drug-likeness (QED) is 0.225. The van der Waals surface area contributed by atoms with Crippen molar-refractivity contribution in [2.24, 2.45) is 0 Å². The molecule has 4 heteroatoms. The van der Waals surface area contributed by atoms with E-state index in [1.165, 1.54) is 70.9 Å². The van der Waals surface area contributed by atoms with Gasteiger partial charge in [0.15, 0.2) is 0 Å². The summed E-state index contributed by atoms with van der Waals surface area (Å²) in [5, 5.41) is 0. The Hall–Kier alpha value is -1.71. The fourth-order valence-corrected chi connectivity index (χ4v) is 4.31. The lowest BCUT2D eigenvalue weighted by molar-refractivity contribution is -0.113. The van der Waals surface area contributed by atoms with Gasteiger partial charge in [-0.1, -0.05) is 19.1 Å². The molecule has 0 spiro atoms. The van der Waals surface area contributed by atoms with E-state index in [1.54, 1.807) is 12.5 Å². The lowest BCUT2D eigenvalue weighted by Crippen LogP contribution is -1.90. The van der Waals surface area contributed by atoms with E-state index in [-0.39, 0.29) is 5.78 Å². The predicted molar refractivity (Wildman–Crippen MR) is 146 cm³/mol. The highest BCUT2D eigenvalue weighted by Crippen LogP contribution is 2.42. The fraction of sp³-hybridized carbons (Fsp3) is 0.517. The molecule has 1 aromatic carbocycles. The minimum Gasteiger partial charge on any atom is -0.381 e. The SMILES string of the molecule is C#CC(=O)CC.C1CCOC1.Cc1cc(C)c(C2CC2)cc1I.Cc1ccc2c(n1)CCC2. The van der Waals surface area contributed by atoms with Gasteiger partial charge in [-0.2, -0.15) is 0 Å². The number of ether oxygens (including phenoxy) is 1. The number of ketones is 1. The summed E-state index contributed by atoms with van der Waals surface area (Å²) in [4.78, 5) is 14.4. The van der Waals surface area contributed by atoms with E-state index < -0.39 is 0 Å². The topological polar surface area (TPSA) is 39.2 Å². The Morgan fingerprint density at radius 2 is 1.79 bits per heavy atom. The first-order chi connectivity index (χ1) is 15.8. The van der Waals surface area contributed by atoms with Crippen LogP contribution < -0.4 is 0 Å². The van der Waals surface area contributed by atoms with Gasteiger partial charge in [-0.25, -0.2) is 0 Å². The van der Waals surface area contributed by atoms with Crippen LogP contribution in [-0.2, 0) is 22.4 Å². The maximum Gasteiger partial charge on any atom is 0.204 e. The van der Waals surface area contributed by atoms with E-state index in [0.717, 1.165) is 24.8 Å². The molecule has 1 saturated heterocycles. The number of hydrogen-bond acceptors (Lipinski definition) is 3. The minimum atomic E-state index is -0.130. The molecule has 0 bridgehead atoms. The zero-order valence-electron chi connectivity index (χ0n) is 20.7. The Bertz CT molecular complexity index is 945. The van der Waals surface area contributed by atoms with Crippen molar-refractivity contribution in [3.8, 4) is 12.3 Å². The first-order valence-corrected chi connectivity index (χ1v) is 13.2. The van der Waals surface area contributed by atoms with Crippen LogP contribution in [0.2, 0.25) is 0 Å². The highest BCUT2D eigenvalue weighted by Gasteiger charge is 2.25. The van der Waals surface area contributed by atoms with Crippen LogP contribution >= 0.6 is 22.6 Å². The van der Waals surface area contributed by atoms with E-state index in [2.05, 4.69) is 79.0 Å². The molecule has 33 heavy (non-hydrogen) atoms. The molecule has 0 atom stereocenters. The Labute approximate surface area is 214 Å². The van der Waals surface area contributed by atoms with E-state index >= 15 is 0 Å². The second kappa shape index (κ2) is 14.5. The van der Waals surface area contributed by atoms with Crippen molar-refractivity contribution in [1.82, 2.24) is 4.98 Å². The van der Waals surface area contributed by atoms with Crippen LogP contribution in [0.1, 0.15) is 85.0 Å². The second-order valence-electron chi connectivity index (χ2n) is 8.88. The molecule has 3 aliphatic rings. The average Bonchev–Trinajstić information content (AvgIpc) is 3.26. The number of nitrogens with zero attached hydrogens (tertiary/aromatic N) is 1. The Morgan fingerprint density at radius 3 is 2.30 bits per heavy atom. The van der Waals surface area contributed by atoms with Crippen LogP contribution in [0, 0.1) is 36.7 Å². The van der Waals surface area contributed by atoms with Crippen molar-refractivity contribution in [3.05, 3.63) is 61.5 Å². The van der Waals surface area contributed by atoms with Gasteiger partial charge < -0.3 is 4.74 Å². The molecule has 2 aliphatic carbocycles. The van der Waals surface area contributed by atoms with Gasteiger partial charge >= 0.3 is 0 Å².